The average Bonchev–Trinajstić information content (AvgIpc) is 2.85. The summed E-state index contributed by atoms with van der Waals surface area (Å²) in [6.45, 7) is 4.07. The topological polar surface area (TPSA) is 32.3 Å². The predicted octanol–water partition coefficient (Wildman–Crippen LogP) is 1.14. The Balaban J connectivity index is 1.98. The van der Waals surface area contributed by atoms with Crippen molar-refractivity contribution in [2.75, 3.05) is 13.1 Å². The second-order valence-corrected chi connectivity index (χ2v) is 4.35. The van der Waals surface area contributed by atoms with Crippen LogP contribution in [0.15, 0.2) is 0 Å². The van der Waals surface area contributed by atoms with Gasteiger partial charge in [0.05, 0.1) is 0 Å². The van der Waals surface area contributed by atoms with E-state index in [-0.39, 0.29) is 0 Å². The molecule has 2 atom stereocenters. The Morgan fingerprint density at radius 1 is 1.43 bits per heavy atom. The number of rotatable bonds is 2. The molecule has 2 unspecified atom stereocenters. The first-order valence-electron chi connectivity index (χ1n) is 5.85. The molecule has 2 heterocycles. The van der Waals surface area contributed by atoms with Crippen LogP contribution in [-0.4, -0.2) is 36.0 Å². The van der Waals surface area contributed by atoms with Crippen LogP contribution in [0.4, 0.5) is 0 Å². The van der Waals surface area contributed by atoms with Gasteiger partial charge in [-0.05, 0) is 32.2 Å². The van der Waals surface area contributed by atoms with Crippen molar-refractivity contribution in [3.63, 3.8) is 0 Å². The molecule has 0 aromatic heterocycles. The normalized spacial score (nSPS) is 32.5. The molecule has 0 spiro atoms. The second-order valence-electron chi connectivity index (χ2n) is 4.35. The summed E-state index contributed by atoms with van der Waals surface area (Å²) in [6.07, 6.45) is 5.56. The first kappa shape index (κ1) is 9.97. The third kappa shape index (κ3) is 1.78. The van der Waals surface area contributed by atoms with Gasteiger partial charge in [-0.2, -0.15) is 0 Å². The number of likely N-dealkylation sites (tertiary alicyclic amines) is 1. The Labute approximate surface area is 85.8 Å². The lowest BCUT2D eigenvalue weighted by atomic mass is 10.0. The number of carbonyl (C=O) groups is 1. The molecular weight excluding hydrogens is 176 g/mol. The molecule has 2 aliphatic heterocycles. The van der Waals surface area contributed by atoms with Gasteiger partial charge in [-0.3, -0.25) is 4.79 Å². The number of nitrogens with zero attached hydrogens (tertiary/aromatic N) is 1. The molecule has 3 heteroatoms. The minimum Gasteiger partial charge on any atom is -0.338 e. The smallest absolute Gasteiger partial charge is 0.222 e. The first-order chi connectivity index (χ1) is 6.83. The van der Waals surface area contributed by atoms with E-state index in [1.54, 1.807) is 0 Å². The molecule has 2 rings (SSSR count). The van der Waals surface area contributed by atoms with Crippen LogP contribution in [0.1, 0.15) is 39.0 Å². The molecular formula is C11H20N2O. The maximum absolute atomic E-state index is 11.7. The third-order valence-corrected chi connectivity index (χ3v) is 3.48. The zero-order chi connectivity index (χ0) is 9.97. The molecule has 2 fully saturated rings. The minimum atomic E-state index is 0.334. The molecule has 14 heavy (non-hydrogen) atoms. The summed E-state index contributed by atoms with van der Waals surface area (Å²) in [4.78, 5) is 13.8. The third-order valence-electron chi connectivity index (χ3n) is 3.48. The molecule has 0 saturated carbocycles. The van der Waals surface area contributed by atoms with Gasteiger partial charge in [0.25, 0.3) is 0 Å². The number of carbonyl (C=O) groups excluding carboxylic acids is 1. The van der Waals surface area contributed by atoms with Gasteiger partial charge in [0.2, 0.25) is 5.91 Å². The average molecular weight is 196 g/mol. The Hall–Kier alpha value is -0.570. The van der Waals surface area contributed by atoms with Crippen LogP contribution in [0.3, 0.4) is 0 Å². The lowest BCUT2D eigenvalue weighted by Gasteiger charge is -2.29. The van der Waals surface area contributed by atoms with Gasteiger partial charge in [-0.15, -0.1) is 0 Å². The van der Waals surface area contributed by atoms with E-state index in [1.165, 1.54) is 25.7 Å². The molecule has 0 aromatic rings. The highest BCUT2D eigenvalue weighted by Crippen LogP contribution is 2.25. The summed E-state index contributed by atoms with van der Waals surface area (Å²) in [7, 11) is 0. The van der Waals surface area contributed by atoms with Crippen LogP contribution in [0.5, 0.6) is 0 Å². The van der Waals surface area contributed by atoms with Crippen LogP contribution in [-0.2, 0) is 4.79 Å². The standard InChI is InChI=1S/C11H20N2O/c1-2-11(14)13-8-4-6-10(13)9-5-3-7-12-9/h9-10,12H,2-8H2,1H3. The van der Waals surface area contributed by atoms with Gasteiger partial charge in [-0.1, -0.05) is 6.92 Å². The van der Waals surface area contributed by atoms with Crippen LogP contribution in [0.25, 0.3) is 0 Å². The summed E-state index contributed by atoms with van der Waals surface area (Å²) >= 11 is 0. The van der Waals surface area contributed by atoms with Crippen LogP contribution < -0.4 is 5.32 Å². The quantitative estimate of drug-likeness (QED) is 0.718. The fourth-order valence-electron chi connectivity index (χ4n) is 2.76. The van der Waals surface area contributed by atoms with E-state index in [2.05, 4.69) is 10.2 Å². The molecule has 0 bridgehead atoms. The molecule has 0 aliphatic carbocycles. The summed E-state index contributed by atoms with van der Waals surface area (Å²) in [5.74, 6) is 0.334. The van der Waals surface area contributed by atoms with Crippen LogP contribution >= 0.6 is 0 Å². The highest BCUT2D eigenvalue weighted by molar-refractivity contribution is 5.76. The second kappa shape index (κ2) is 4.30. The van der Waals surface area contributed by atoms with Gasteiger partial charge < -0.3 is 10.2 Å². The number of hydrogen-bond donors (Lipinski definition) is 1. The summed E-state index contributed by atoms with van der Waals surface area (Å²) in [5, 5.41) is 3.51. The van der Waals surface area contributed by atoms with Crippen molar-refractivity contribution in [3.8, 4) is 0 Å². The van der Waals surface area contributed by atoms with E-state index < -0.39 is 0 Å². The lowest BCUT2D eigenvalue weighted by Crippen LogP contribution is -2.46. The van der Waals surface area contributed by atoms with E-state index in [0.29, 0.717) is 24.4 Å². The minimum absolute atomic E-state index is 0.334. The van der Waals surface area contributed by atoms with Crippen molar-refractivity contribution in [1.82, 2.24) is 10.2 Å². The van der Waals surface area contributed by atoms with Crippen molar-refractivity contribution < 1.29 is 4.79 Å². The lowest BCUT2D eigenvalue weighted by molar-refractivity contribution is -0.132. The predicted molar refractivity (Wildman–Crippen MR) is 56.1 cm³/mol. The van der Waals surface area contributed by atoms with Crippen molar-refractivity contribution in [1.29, 1.82) is 0 Å². The van der Waals surface area contributed by atoms with Gasteiger partial charge in [0, 0.05) is 25.0 Å². The Morgan fingerprint density at radius 3 is 2.93 bits per heavy atom. The Bertz CT molecular complexity index is 211. The fourth-order valence-corrected chi connectivity index (χ4v) is 2.76. The Kier molecular flexibility index (Phi) is 3.06. The number of amides is 1. The zero-order valence-corrected chi connectivity index (χ0v) is 8.96. The van der Waals surface area contributed by atoms with E-state index in [9.17, 15) is 4.79 Å². The van der Waals surface area contributed by atoms with Crippen molar-refractivity contribution in [3.05, 3.63) is 0 Å². The van der Waals surface area contributed by atoms with Crippen LogP contribution in [0, 0.1) is 0 Å². The maximum atomic E-state index is 11.7. The van der Waals surface area contributed by atoms with E-state index in [0.717, 1.165) is 13.1 Å². The van der Waals surface area contributed by atoms with Crippen LogP contribution in [0.2, 0.25) is 0 Å². The van der Waals surface area contributed by atoms with Crippen molar-refractivity contribution in [2.45, 2.75) is 51.1 Å². The molecule has 3 nitrogen and oxygen atoms in total. The van der Waals surface area contributed by atoms with E-state index in [4.69, 9.17) is 0 Å². The summed E-state index contributed by atoms with van der Waals surface area (Å²) < 4.78 is 0. The number of hydrogen-bond acceptors (Lipinski definition) is 2. The molecule has 2 saturated heterocycles. The van der Waals surface area contributed by atoms with E-state index >= 15 is 0 Å². The SMILES string of the molecule is CCC(=O)N1CCCC1C1CCCN1. The maximum Gasteiger partial charge on any atom is 0.222 e. The summed E-state index contributed by atoms with van der Waals surface area (Å²) in [6, 6.07) is 1.07. The molecule has 0 aromatic carbocycles. The van der Waals surface area contributed by atoms with Gasteiger partial charge in [0.1, 0.15) is 0 Å². The van der Waals surface area contributed by atoms with E-state index in [1.807, 2.05) is 6.92 Å². The molecule has 0 radical (unpaired) electrons. The zero-order valence-electron chi connectivity index (χ0n) is 8.96. The fraction of sp³-hybridized carbons (Fsp3) is 0.909. The molecule has 1 amide bonds. The molecule has 1 N–H and O–H groups in total. The molecule has 80 valence electrons. The van der Waals surface area contributed by atoms with Gasteiger partial charge in [0.15, 0.2) is 0 Å². The van der Waals surface area contributed by atoms with Gasteiger partial charge >= 0.3 is 0 Å². The van der Waals surface area contributed by atoms with Crippen molar-refractivity contribution >= 4 is 5.91 Å². The van der Waals surface area contributed by atoms with Crippen molar-refractivity contribution in [2.24, 2.45) is 0 Å². The molecule has 2 aliphatic rings. The highest BCUT2D eigenvalue weighted by atomic mass is 16.2. The Morgan fingerprint density at radius 2 is 2.29 bits per heavy atom. The number of nitrogens with one attached hydrogen (secondary N) is 1. The first-order valence-corrected chi connectivity index (χ1v) is 5.85. The monoisotopic (exact) mass is 196 g/mol. The largest absolute Gasteiger partial charge is 0.338 e. The highest BCUT2D eigenvalue weighted by Gasteiger charge is 2.34. The van der Waals surface area contributed by atoms with Gasteiger partial charge in [-0.25, -0.2) is 0 Å². The summed E-state index contributed by atoms with van der Waals surface area (Å²) in [5.41, 5.74) is 0.